The Labute approximate surface area is 139 Å². The van der Waals surface area contributed by atoms with Crippen molar-refractivity contribution in [3.05, 3.63) is 60.2 Å². The number of benzene rings is 1. The van der Waals surface area contributed by atoms with Gasteiger partial charge < -0.3 is 10.1 Å². The number of aryl methyl sites for hydroxylation is 1. The number of amides is 1. The zero-order valence-electron chi connectivity index (χ0n) is 13.4. The van der Waals surface area contributed by atoms with Crippen molar-refractivity contribution in [3.8, 4) is 11.7 Å². The molecule has 0 atom stereocenters. The number of nitrogens with zero attached hydrogens (tertiary/aromatic N) is 4. The summed E-state index contributed by atoms with van der Waals surface area (Å²) in [4.78, 5) is 20.5. The lowest BCUT2D eigenvalue weighted by molar-refractivity contribution is -0.115. The number of methoxy groups -OCH3 is 1. The number of aromatic nitrogens is 4. The summed E-state index contributed by atoms with van der Waals surface area (Å²) in [5, 5.41) is 6.84. The summed E-state index contributed by atoms with van der Waals surface area (Å²) in [6.07, 6.45) is 6.78. The molecule has 2 heterocycles. The number of hydrogen-bond acceptors (Lipinski definition) is 5. The summed E-state index contributed by atoms with van der Waals surface area (Å²) >= 11 is 0. The van der Waals surface area contributed by atoms with Crippen LogP contribution in [0.2, 0.25) is 0 Å². The van der Waals surface area contributed by atoms with Crippen LogP contribution in [0.1, 0.15) is 11.1 Å². The van der Waals surface area contributed by atoms with E-state index in [1.807, 2.05) is 25.1 Å². The maximum Gasteiger partial charge on any atom is 0.250 e. The molecule has 1 aromatic carbocycles. The van der Waals surface area contributed by atoms with Crippen molar-refractivity contribution in [2.75, 3.05) is 12.4 Å². The van der Waals surface area contributed by atoms with E-state index in [-0.39, 0.29) is 12.3 Å². The molecule has 0 saturated carbocycles. The largest absolute Gasteiger partial charge is 0.496 e. The van der Waals surface area contributed by atoms with E-state index in [1.165, 1.54) is 0 Å². The Kier molecular flexibility index (Phi) is 4.51. The lowest BCUT2D eigenvalue weighted by atomic mass is 10.1. The fraction of sp³-hybridized carbons (Fsp3) is 0.176. The van der Waals surface area contributed by atoms with Gasteiger partial charge in [-0.2, -0.15) is 5.10 Å². The van der Waals surface area contributed by atoms with Crippen molar-refractivity contribution in [2.24, 2.45) is 0 Å². The maximum atomic E-state index is 12.1. The van der Waals surface area contributed by atoms with E-state index in [0.717, 1.165) is 16.9 Å². The second kappa shape index (κ2) is 6.91. The first-order chi connectivity index (χ1) is 11.7. The summed E-state index contributed by atoms with van der Waals surface area (Å²) in [5.74, 6) is 1.13. The smallest absolute Gasteiger partial charge is 0.250 e. The number of carbonyl (C=O) groups excluding carboxylic acids is 1. The van der Waals surface area contributed by atoms with Crippen molar-refractivity contribution < 1.29 is 9.53 Å². The predicted octanol–water partition coefficient (Wildman–Crippen LogP) is 2.16. The Morgan fingerprint density at radius 1 is 1.29 bits per heavy atom. The molecule has 0 aliphatic carbocycles. The van der Waals surface area contributed by atoms with Gasteiger partial charge in [-0.15, -0.1) is 0 Å². The molecule has 7 heteroatoms. The minimum atomic E-state index is -0.130. The highest BCUT2D eigenvalue weighted by molar-refractivity contribution is 5.92. The van der Waals surface area contributed by atoms with Gasteiger partial charge in [0.25, 0.3) is 5.95 Å². The standard InChI is InChI=1S/C17H17N5O2/c1-12-8-13(4-5-15(12)24-2)9-16(23)21-14-10-18-17(19-11-14)22-7-3-6-20-22/h3-8,10-11H,9H2,1-2H3,(H,21,23). The molecular weight excluding hydrogens is 306 g/mol. The van der Waals surface area contributed by atoms with E-state index < -0.39 is 0 Å². The van der Waals surface area contributed by atoms with E-state index in [9.17, 15) is 4.79 Å². The monoisotopic (exact) mass is 323 g/mol. The van der Waals surface area contributed by atoms with Crippen molar-refractivity contribution in [3.63, 3.8) is 0 Å². The SMILES string of the molecule is COc1ccc(CC(=O)Nc2cnc(-n3cccn3)nc2)cc1C. The number of hydrogen-bond donors (Lipinski definition) is 1. The van der Waals surface area contributed by atoms with Gasteiger partial charge in [0, 0.05) is 12.4 Å². The highest BCUT2D eigenvalue weighted by Crippen LogP contribution is 2.19. The summed E-state index contributed by atoms with van der Waals surface area (Å²) in [7, 11) is 1.63. The average Bonchev–Trinajstić information content (AvgIpc) is 3.10. The van der Waals surface area contributed by atoms with Gasteiger partial charge >= 0.3 is 0 Å². The quantitative estimate of drug-likeness (QED) is 0.778. The topological polar surface area (TPSA) is 81.9 Å². The van der Waals surface area contributed by atoms with E-state index >= 15 is 0 Å². The van der Waals surface area contributed by atoms with Crippen LogP contribution in [0.4, 0.5) is 5.69 Å². The molecule has 0 aliphatic heterocycles. The molecule has 3 rings (SSSR count). The van der Waals surface area contributed by atoms with Gasteiger partial charge in [-0.1, -0.05) is 12.1 Å². The summed E-state index contributed by atoms with van der Waals surface area (Å²) < 4.78 is 6.77. The van der Waals surface area contributed by atoms with E-state index in [1.54, 1.807) is 42.6 Å². The van der Waals surface area contributed by atoms with Crippen LogP contribution in [0.3, 0.4) is 0 Å². The molecule has 1 N–H and O–H groups in total. The van der Waals surface area contributed by atoms with Crippen LogP contribution in [-0.4, -0.2) is 32.8 Å². The first-order valence-electron chi connectivity index (χ1n) is 7.41. The van der Waals surface area contributed by atoms with E-state index in [2.05, 4.69) is 20.4 Å². The Bertz CT molecular complexity index is 829. The molecule has 0 unspecified atom stereocenters. The lowest BCUT2D eigenvalue weighted by Gasteiger charge is -2.08. The van der Waals surface area contributed by atoms with Crippen molar-refractivity contribution >= 4 is 11.6 Å². The highest BCUT2D eigenvalue weighted by Gasteiger charge is 2.07. The molecule has 3 aromatic rings. The Balaban J connectivity index is 1.63. The summed E-state index contributed by atoms with van der Waals surface area (Å²) in [6.45, 7) is 1.95. The molecule has 0 saturated heterocycles. The summed E-state index contributed by atoms with van der Waals surface area (Å²) in [5.41, 5.74) is 2.45. The van der Waals surface area contributed by atoms with Gasteiger partial charge in [-0.25, -0.2) is 14.6 Å². The van der Waals surface area contributed by atoms with E-state index in [4.69, 9.17) is 4.74 Å². The second-order valence-corrected chi connectivity index (χ2v) is 5.25. The molecule has 122 valence electrons. The van der Waals surface area contributed by atoms with Crippen LogP contribution in [0, 0.1) is 6.92 Å². The minimum absolute atomic E-state index is 0.130. The number of carbonyl (C=O) groups is 1. The Morgan fingerprint density at radius 2 is 2.08 bits per heavy atom. The van der Waals surface area contributed by atoms with Gasteiger partial charge in [-0.3, -0.25) is 4.79 Å². The maximum absolute atomic E-state index is 12.1. The first-order valence-corrected chi connectivity index (χ1v) is 7.41. The normalized spacial score (nSPS) is 10.4. The summed E-state index contributed by atoms with van der Waals surface area (Å²) in [6, 6.07) is 7.47. The van der Waals surface area contributed by atoms with Crippen LogP contribution < -0.4 is 10.1 Å². The van der Waals surface area contributed by atoms with Gasteiger partial charge in [0.05, 0.1) is 31.6 Å². The molecule has 0 bridgehead atoms. The molecule has 0 aliphatic rings. The zero-order valence-corrected chi connectivity index (χ0v) is 13.4. The minimum Gasteiger partial charge on any atom is -0.496 e. The van der Waals surface area contributed by atoms with Crippen LogP contribution in [0.15, 0.2) is 49.1 Å². The Hall–Kier alpha value is -3.22. The van der Waals surface area contributed by atoms with Crippen LogP contribution >= 0.6 is 0 Å². The number of nitrogens with one attached hydrogen (secondary N) is 1. The van der Waals surface area contributed by atoms with Gasteiger partial charge in [0.1, 0.15) is 5.75 Å². The van der Waals surface area contributed by atoms with Gasteiger partial charge in [0.2, 0.25) is 5.91 Å². The van der Waals surface area contributed by atoms with Gasteiger partial charge in [-0.05, 0) is 30.2 Å². The first kappa shape index (κ1) is 15.7. The third-order valence-corrected chi connectivity index (χ3v) is 3.46. The fourth-order valence-electron chi connectivity index (χ4n) is 2.33. The number of anilines is 1. The molecule has 0 fully saturated rings. The van der Waals surface area contributed by atoms with Crippen LogP contribution in [0.25, 0.3) is 5.95 Å². The van der Waals surface area contributed by atoms with Crippen molar-refractivity contribution in [1.82, 2.24) is 19.7 Å². The molecule has 0 spiro atoms. The molecule has 0 radical (unpaired) electrons. The fourth-order valence-corrected chi connectivity index (χ4v) is 2.33. The average molecular weight is 323 g/mol. The molecule has 24 heavy (non-hydrogen) atoms. The molecular formula is C17H17N5O2. The predicted molar refractivity (Wildman–Crippen MR) is 89.2 cm³/mol. The van der Waals surface area contributed by atoms with Crippen LogP contribution in [0.5, 0.6) is 5.75 Å². The van der Waals surface area contributed by atoms with E-state index in [0.29, 0.717) is 11.6 Å². The van der Waals surface area contributed by atoms with Crippen molar-refractivity contribution in [1.29, 1.82) is 0 Å². The van der Waals surface area contributed by atoms with Gasteiger partial charge in [0.15, 0.2) is 0 Å². The van der Waals surface area contributed by atoms with Crippen LogP contribution in [-0.2, 0) is 11.2 Å². The van der Waals surface area contributed by atoms with Crippen molar-refractivity contribution in [2.45, 2.75) is 13.3 Å². The molecule has 1 amide bonds. The number of ether oxygens (including phenoxy) is 1. The highest BCUT2D eigenvalue weighted by atomic mass is 16.5. The number of rotatable bonds is 5. The zero-order chi connectivity index (χ0) is 16.9. The molecule has 2 aromatic heterocycles. The Morgan fingerprint density at radius 3 is 2.71 bits per heavy atom. The second-order valence-electron chi connectivity index (χ2n) is 5.25. The molecule has 7 nitrogen and oxygen atoms in total. The lowest BCUT2D eigenvalue weighted by Crippen LogP contribution is -2.15. The third kappa shape index (κ3) is 3.57. The third-order valence-electron chi connectivity index (χ3n) is 3.46.